The maximum absolute atomic E-state index is 12.1. The van der Waals surface area contributed by atoms with E-state index in [9.17, 15) is 13.2 Å². The fourth-order valence-electron chi connectivity index (χ4n) is 1.92. The fourth-order valence-corrected chi connectivity index (χ4v) is 1.92. The highest BCUT2D eigenvalue weighted by Gasteiger charge is 2.30. The van der Waals surface area contributed by atoms with Gasteiger partial charge in [0.15, 0.2) is 0 Å². The van der Waals surface area contributed by atoms with Gasteiger partial charge in [-0.15, -0.1) is 13.2 Å². The Labute approximate surface area is 120 Å². The van der Waals surface area contributed by atoms with Crippen LogP contribution in [0.25, 0.3) is 11.3 Å². The van der Waals surface area contributed by atoms with E-state index in [2.05, 4.69) is 16.3 Å². The number of allylic oxidation sites excluding steroid dienone is 1. The predicted octanol–water partition coefficient (Wildman–Crippen LogP) is 4.77. The Balaban J connectivity index is 2.20. The van der Waals surface area contributed by atoms with Crippen LogP contribution in [0.15, 0.2) is 54.7 Å². The van der Waals surface area contributed by atoms with Crippen molar-refractivity contribution in [1.82, 2.24) is 4.98 Å². The molecule has 2 nitrogen and oxygen atoms in total. The molecule has 0 amide bonds. The molecule has 5 heteroatoms. The molecule has 21 heavy (non-hydrogen) atoms. The van der Waals surface area contributed by atoms with E-state index in [1.807, 2.05) is 19.1 Å². The molecule has 0 fully saturated rings. The third-order valence-electron chi connectivity index (χ3n) is 2.71. The van der Waals surface area contributed by atoms with Gasteiger partial charge in [-0.25, -0.2) is 0 Å². The van der Waals surface area contributed by atoms with E-state index in [4.69, 9.17) is 0 Å². The monoisotopic (exact) mass is 293 g/mol. The fraction of sp³-hybridized carbons (Fsp3) is 0.188. The molecule has 110 valence electrons. The van der Waals surface area contributed by atoms with Crippen molar-refractivity contribution in [2.75, 3.05) is 0 Å². The molecule has 0 bridgehead atoms. The van der Waals surface area contributed by atoms with Gasteiger partial charge in [0.2, 0.25) is 0 Å². The SMILES string of the molecule is C=C(C)Cc1ccnc(-c2ccc(OC(F)(F)F)cc2)c1. The van der Waals surface area contributed by atoms with Gasteiger partial charge in [0.1, 0.15) is 5.75 Å². The highest BCUT2D eigenvalue weighted by atomic mass is 19.4. The van der Waals surface area contributed by atoms with Gasteiger partial charge in [-0.1, -0.05) is 12.2 Å². The van der Waals surface area contributed by atoms with Crippen molar-refractivity contribution in [2.45, 2.75) is 19.7 Å². The van der Waals surface area contributed by atoms with Crippen molar-refractivity contribution < 1.29 is 17.9 Å². The molecule has 0 aliphatic rings. The van der Waals surface area contributed by atoms with E-state index in [0.29, 0.717) is 5.69 Å². The van der Waals surface area contributed by atoms with Crippen LogP contribution in [0, 0.1) is 0 Å². The Bertz CT molecular complexity index is 633. The first-order valence-electron chi connectivity index (χ1n) is 6.29. The van der Waals surface area contributed by atoms with Crippen molar-refractivity contribution >= 4 is 0 Å². The molecule has 0 saturated heterocycles. The summed E-state index contributed by atoms with van der Waals surface area (Å²) in [4.78, 5) is 4.23. The smallest absolute Gasteiger partial charge is 0.406 e. The molecule has 0 saturated carbocycles. The zero-order chi connectivity index (χ0) is 15.5. The molecule has 2 rings (SSSR count). The van der Waals surface area contributed by atoms with E-state index < -0.39 is 6.36 Å². The van der Waals surface area contributed by atoms with Crippen molar-refractivity contribution in [3.63, 3.8) is 0 Å². The molecular weight excluding hydrogens is 279 g/mol. The third-order valence-corrected chi connectivity index (χ3v) is 2.71. The highest BCUT2D eigenvalue weighted by Crippen LogP contribution is 2.26. The van der Waals surface area contributed by atoms with Crippen molar-refractivity contribution in [2.24, 2.45) is 0 Å². The zero-order valence-electron chi connectivity index (χ0n) is 11.4. The summed E-state index contributed by atoms with van der Waals surface area (Å²) in [6.07, 6.45) is -2.26. The lowest BCUT2D eigenvalue weighted by Gasteiger charge is -2.09. The standard InChI is InChI=1S/C16H14F3NO/c1-11(2)9-12-7-8-20-15(10-12)13-3-5-14(6-4-13)21-16(17,18)19/h3-8,10H,1,9H2,2H3. The minimum atomic E-state index is -4.68. The van der Waals surface area contributed by atoms with Crippen LogP contribution < -0.4 is 4.74 Å². The maximum Gasteiger partial charge on any atom is 0.573 e. The van der Waals surface area contributed by atoms with E-state index in [1.165, 1.54) is 12.1 Å². The van der Waals surface area contributed by atoms with Crippen LogP contribution in [-0.2, 0) is 6.42 Å². The van der Waals surface area contributed by atoms with E-state index >= 15 is 0 Å². The molecule has 0 unspecified atom stereocenters. The molecule has 0 spiro atoms. The first-order valence-corrected chi connectivity index (χ1v) is 6.29. The largest absolute Gasteiger partial charge is 0.573 e. The summed E-state index contributed by atoms with van der Waals surface area (Å²) >= 11 is 0. The Morgan fingerprint density at radius 2 is 1.86 bits per heavy atom. The Hall–Kier alpha value is -2.30. The number of pyridine rings is 1. The Morgan fingerprint density at radius 3 is 2.43 bits per heavy atom. The van der Waals surface area contributed by atoms with Crippen LogP contribution in [-0.4, -0.2) is 11.3 Å². The second kappa shape index (κ2) is 5.99. The number of alkyl halides is 3. The predicted molar refractivity (Wildman–Crippen MR) is 74.9 cm³/mol. The van der Waals surface area contributed by atoms with Crippen molar-refractivity contribution in [3.05, 3.63) is 60.3 Å². The van der Waals surface area contributed by atoms with Gasteiger partial charge in [0.25, 0.3) is 0 Å². The van der Waals surface area contributed by atoms with Gasteiger partial charge in [0.05, 0.1) is 5.69 Å². The van der Waals surface area contributed by atoms with Gasteiger partial charge >= 0.3 is 6.36 Å². The average Bonchev–Trinajstić information content (AvgIpc) is 2.37. The Kier molecular flexibility index (Phi) is 4.31. The highest BCUT2D eigenvalue weighted by molar-refractivity contribution is 5.60. The van der Waals surface area contributed by atoms with Crippen LogP contribution in [0.4, 0.5) is 13.2 Å². The lowest BCUT2D eigenvalue weighted by molar-refractivity contribution is -0.274. The van der Waals surface area contributed by atoms with Crippen LogP contribution >= 0.6 is 0 Å². The summed E-state index contributed by atoms with van der Waals surface area (Å²) in [5, 5.41) is 0. The van der Waals surface area contributed by atoms with Crippen LogP contribution in [0.2, 0.25) is 0 Å². The van der Waals surface area contributed by atoms with Gasteiger partial charge in [-0.2, -0.15) is 0 Å². The number of benzene rings is 1. The topological polar surface area (TPSA) is 22.1 Å². The number of hydrogen-bond acceptors (Lipinski definition) is 2. The van der Waals surface area contributed by atoms with Gasteiger partial charge < -0.3 is 4.74 Å². The first kappa shape index (κ1) is 15.1. The lowest BCUT2D eigenvalue weighted by atomic mass is 10.0. The van der Waals surface area contributed by atoms with Crippen LogP contribution in [0.3, 0.4) is 0 Å². The number of ether oxygens (including phenoxy) is 1. The molecule has 0 atom stereocenters. The van der Waals surface area contributed by atoms with Crippen molar-refractivity contribution in [3.8, 4) is 17.0 Å². The minimum Gasteiger partial charge on any atom is -0.406 e. The van der Waals surface area contributed by atoms with E-state index in [1.54, 1.807) is 18.3 Å². The average molecular weight is 293 g/mol. The summed E-state index contributed by atoms with van der Waals surface area (Å²) in [6, 6.07) is 9.43. The number of halogens is 3. The molecule has 0 radical (unpaired) electrons. The quantitative estimate of drug-likeness (QED) is 0.758. The second-order valence-electron chi connectivity index (χ2n) is 4.76. The van der Waals surface area contributed by atoms with Crippen LogP contribution in [0.5, 0.6) is 5.75 Å². The summed E-state index contributed by atoms with van der Waals surface area (Å²) in [5.74, 6) is -0.246. The number of aromatic nitrogens is 1. The molecule has 1 aromatic carbocycles. The summed E-state index contributed by atoms with van der Waals surface area (Å²) in [7, 11) is 0. The summed E-state index contributed by atoms with van der Waals surface area (Å²) in [5.41, 5.74) is 3.52. The molecule has 0 aliphatic carbocycles. The summed E-state index contributed by atoms with van der Waals surface area (Å²) < 4.78 is 40.1. The third kappa shape index (κ3) is 4.63. The number of rotatable bonds is 4. The number of nitrogens with zero attached hydrogens (tertiary/aromatic N) is 1. The minimum absolute atomic E-state index is 0.246. The van der Waals surface area contributed by atoms with E-state index in [-0.39, 0.29) is 5.75 Å². The number of hydrogen-bond donors (Lipinski definition) is 0. The maximum atomic E-state index is 12.1. The first-order chi connectivity index (χ1) is 9.83. The normalized spacial score (nSPS) is 11.2. The van der Waals surface area contributed by atoms with Crippen LogP contribution in [0.1, 0.15) is 12.5 Å². The lowest BCUT2D eigenvalue weighted by Crippen LogP contribution is -2.16. The van der Waals surface area contributed by atoms with E-state index in [0.717, 1.165) is 23.1 Å². The Morgan fingerprint density at radius 1 is 1.19 bits per heavy atom. The second-order valence-corrected chi connectivity index (χ2v) is 4.76. The molecule has 1 aromatic heterocycles. The molecule has 2 aromatic rings. The molecule has 0 N–H and O–H groups in total. The van der Waals surface area contributed by atoms with Crippen molar-refractivity contribution in [1.29, 1.82) is 0 Å². The molecule has 0 aliphatic heterocycles. The zero-order valence-corrected chi connectivity index (χ0v) is 11.4. The van der Waals surface area contributed by atoms with Gasteiger partial charge in [0, 0.05) is 11.8 Å². The molecular formula is C16H14F3NO. The van der Waals surface area contributed by atoms with Gasteiger partial charge in [-0.3, -0.25) is 4.98 Å². The van der Waals surface area contributed by atoms with Gasteiger partial charge in [-0.05, 0) is 55.3 Å². The molecule has 1 heterocycles. The summed E-state index contributed by atoms with van der Waals surface area (Å²) in [6.45, 7) is 5.79.